The second-order valence-electron chi connectivity index (χ2n) is 7.00. The molecule has 1 aromatic rings. The number of halogens is 5. The van der Waals surface area contributed by atoms with Gasteiger partial charge in [0.2, 0.25) is 5.91 Å². The van der Waals surface area contributed by atoms with Gasteiger partial charge in [0.1, 0.15) is 18.4 Å². The number of hydrogen-bond donors (Lipinski definition) is 2. The molecule has 2 N–H and O–H groups in total. The lowest BCUT2D eigenvalue weighted by molar-refractivity contribution is -0.192. The number of carboxylic acids is 1. The fraction of sp³-hybridized carbons (Fsp3) is 0.526. The van der Waals surface area contributed by atoms with Gasteiger partial charge in [-0.2, -0.15) is 18.4 Å². The topological polar surface area (TPSA) is 103 Å². The molecule has 2 heterocycles. The average Bonchev–Trinajstić information content (AvgIpc) is 3.36. The number of carboxylic acid groups (broad SMARTS) is 1. The van der Waals surface area contributed by atoms with Crippen LogP contribution in [0.1, 0.15) is 25.7 Å². The molecule has 0 aromatic heterocycles. The highest BCUT2D eigenvalue weighted by atomic mass is 35.5. The number of nitrogens with zero attached hydrogens (tertiary/aromatic N) is 2. The summed E-state index contributed by atoms with van der Waals surface area (Å²) in [6.45, 7) is 1.11. The third kappa shape index (κ3) is 7.16. The Morgan fingerprint density at radius 3 is 2.55 bits per heavy atom. The number of carbonyl (C=O) groups excluding carboxylic acids is 1. The van der Waals surface area contributed by atoms with Crippen molar-refractivity contribution in [3.05, 3.63) is 28.2 Å². The summed E-state index contributed by atoms with van der Waals surface area (Å²) in [5.74, 6) is -2.14. The molecule has 170 valence electrons. The summed E-state index contributed by atoms with van der Waals surface area (Å²) >= 11 is 12.0. The summed E-state index contributed by atoms with van der Waals surface area (Å²) in [5.41, 5.74) is 0. The van der Waals surface area contributed by atoms with E-state index in [0.717, 1.165) is 25.7 Å². The number of nitrogens with one attached hydrogen (secondary N) is 1. The number of rotatable bonds is 4. The molecule has 2 saturated heterocycles. The Kier molecular flexibility index (Phi) is 8.79. The Morgan fingerprint density at radius 1 is 1.29 bits per heavy atom. The molecule has 3 rings (SSSR count). The second kappa shape index (κ2) is 10.9. The SMILES string of the molecule is N#C[C@@H]1CCCN1C(=O)[C@@H]1CC[C@H](COc2ccc(Cl)cc2Cl)N1.O=C(O)C(F)(F)F. The first-order valence-electron chi connectivity index (χ1n) is 9.37. The molecule has 0 radical (unpaired) electrons. The van der Waals surface area contributed by atoms with Crippen LogP contribution in [0.5, 0.6) is 5.75 Å². The maximum atomic E-state index is 12.6. The molecule has 0 saturated carbocycles. The van der Waals surface area contributed by atoms with Crippen molar-refractivity contribution >= 4 is 35.1 Å². The van der Waals surface area contributed by atoms with Crippen molar-refractivity contribution in [2.45, 2.75) is 50.0 Å². The first kappa shape index (κ1) is 25.0. The lowest BCUT2D eigenvalue weighted by atomic mass is 10.1. The highest BCUT2D eigenvalue weighted by Crippen LogP contribution is 2.28. The number of hydrogen-bond acceptors (Lipinski definition) is 5. The van der Waals surface area contributed by atoms with Crippen LogP contribution in [-0.4, -0.2) is 59.3 Å². The van der Waals surface area contributed by atoms with E-state index in [1.165, 1.54) is 0 Å². The molecule has 0 unspecified atom stereocenters. The van der Waals surface area contributed by atoms with Crippen molar-refractivity contribution in [1.29, 1.82) is 5.26 Å². The van der Waals surface area contributed by atoms with Gasteiger partial charge in [-0.1, -0.05) is 23.2 Å². The van der Waals surface area contributed by atoms with Crippen molar-refractivity contribution < 1.29 is 32.6 Å². The Bertz CT molecular complexity index is 848. The zero-order valence-corrected chi connectivity index (χ0v) is 17.7. The van der Waals surface area contributed by atoms with Crippen LogP contribution < -0.4 is 10.1 Å². The summed E-state index contributed by atoms with van der Waals surface area (Å²) in [6.07, 6.45) is -1.79. The van der Waals surface area contributed by atoms with Gasteiger partial charge in [0.05, 0.1) is 17.1 Å². The monoisotopic (exact) mass is 481 g/mol. The number of nitriles is 1. The molecule has 1 amide bonds. The molecular weight excluding hydrogens is 462 g/mol. The average molecular weight is 482 g/mol. The molecule has 0 aliphatic carbocycles. The molecule has 2 fully saturated rings. The van der Waals surface area contributed by atoms with Gasteiger partial charge in [-0.15, -0.1) is 0 Å². The number of likely N-dealkylation sites (tertiary alicyclic amines) is 1. The van der Waals surface area contributed by atoms with Crippen LogP contribution in [0.2, 0.25) is 10.0 Å². The molecule has 1 aromatic carbocycles. The Morgan fingerprint density at radius 2 is 1.97 bits per heavy atom. The fourth-order valence-electron chi connectivity index (χ4n) is 3.29. The predicted molar refractivity (Wildman–Crippen MR) is 106 cm³/mol. The molecular formula is C19H20Cl2F3N3O4. The van der Waals surface area contributed by atoms with Crippen molar-refractivity contribution in [3.8, 4) is 11.8 Å². The molecule has 0 bridgehead atoms. The first-order chi connectivity index (χ1) is 14.5. The van der Waals surface area contributed by atoms with E-state index < -0.39 is 12.1 Å². The molecule has 12 heteroatoms. The summed E-state index contributed by atoms with van der Waals surface area (Å²) < 4.78 is 37.5. The van der Waals surface area contributed by atoms with Gasteiger partial charge in [-0.25, -0.2) is 4.79 Å². The standard InChI is InChI=1S/C17H19Cl2N3O2.C2HF3O2/c18-11-3-6-16(14(19)8-11)24-10-12-4-5-15(21-12)17(23)22-7-1-2-13(22)9-20;3-2(4,5)1(6)7/h3,6,8,12-13,15,21H,1-2,4-5,7,10H2;(H,6,7)/t12-,13+,15+;/m1./s1. The van der Waals surface area contributed by atoms with Gasteiger partial charge in [-0.3, -0.25) is 10.1 Å². The zero-order valence-electron chi connectivity index (χ0n) is 16.2. The molecule has 0 spiro atoms. The smallest absolute Gasteiger partial charge is 0.490 e. The largest absolute Gasteiger partial charge is 0.490 e. The van der Waals surface area contributed by atoms with Gasteiger partial charge in [0.15, 0.2) is 0 Å². The van der Waals surface area contributed by atoms with Gasteiger partial charge >= 0.3 is 12.1 Å². The van der Waals surface area contributed by atoms with Gasteiger partial charge in [-0.05, 0) is 43.9 Å². The second-order valence-corrected chi connectivity index (χ2v) is 7.84. The van der Waals surface area contributed by atoms with E-state index in [9.17, 15) is 18.0 Å². The Balaban J connectivity index is 0.000000423. The molecule has 2 aliphatic rings. The van der Waals surface area contributed by atoms with E-state index in [4.69, 9.17) is 43.1 Å². The van der Waals surface area contributed by atoms with Crippen molar-refractivity contribution in [2.24, 2.45) is 0 Å². The van der Waals surface area contributed by atoms with Gasteiger partial charge in [0, 0.05) is 17.6 Å². The van der Waals surface area contributed by atoms with Crippen molar-refractivity contribution in [3.63, 3.8) is 0 Å². The predicted octanol–water partition coefficient (Wildman–Crippen LogP) is 3.64. The summed E-state index contributed by atoms with van der Waals surface area (Å²) in [6, 6.07) is 6.91. The highest BCUT2D eigenvalue weighted by Gasteiger charge is 2.38. The van der Waals surface area contributed by atoms with Crippen LogP contribution in [0.15, 0.2) is 18.2 Å². The van der Waals surface area contributed by atoms with Crippen LogP contribution >= 0.6 is 23.2 Å². The van der Waals surface area contributed by atoms with E-state index >= 15 is 0 Å². The maximum Gasteiger partial charge on any atom is 0.490 e. The summed E-state index contributed by atoms with van der Waals surface area (Å²) in [4.78, 5) is 23.2. The lowest BCUT2D eigenvalue weighted by Crippen LogP contribution is -2.47. The zero-order chi connectivity index (χ0) is 23.2. The quantitative estimate of drug-likeness (QED) is 0.680. The van der Waals surface area contributed by atoms with Crippen molar-refractivity contribution in [1.82, 2.24) is 10.2 Å². The van der Waals surface area contributed by atoms with E-state index in [1.54, 1.807) is 23.1 Å². The van der Waals surface area contributed by atoms with E-state index in [2.05, 4.69) is 11.4 Å². The number of benzene rings is 1. The molecule has 2 aliphatic heterocycles. The summed E-state index contributed by atoms with van der Waals surface area (Å²) in [5, 5.41) is 20.6. The van der Waals surface area contributed by atoms with Crippen LogP contribution in [0.3, 0.4) is 0 Å². The highest BCUT2D eigenvalue weighted by molar-refractivity contribution is 6.35. The maximum absolute atomic E-state index is 12.6. The van der Waals surface area contributed by atoms with Crippen LogP contribution in [0.4, 0.5) is 13.2 Å². The minimum atomic E-state index is -5.08. The Labute approximate surface area is 186 Å². The molecule has 7 nitrogen and oxygen atoms in total. The van der Waals surface area contributed by atoms with Crippen LogP contribution in [0.25, 0.3) is 0 Å². The van der Waals surface area contributed by atoms with E-state index in [0.29, 0.717) is 28.9 Å². The molecule has 3 atom stereocenters. The number of alkyl halides is 3. The lowest BCUT2D eigenvalue weighted by Gasteiger charge is -2.24. The minimum absolute atomic E-state index is 0.0334. The van der Waals surface area contributed by atoms with Crippen LogP contribution in [-0.2, 0) is 9.59 Å². The summed E-state index contributed by atoms with van der Waals surface area (Å²) in [7, 11) is 0. The first-order valence-corrected chi connectivity index (χ1v) is 10.1. The van der Waals surface area contributed by atoms with Crippen molar-refractivity contribution in [2.75, 3.05) is 13.2 Å². The number of amides is 1. The van der Waals surface area contributed by atoms with Gasteiger partial charge in [0.25, 0.3) is 0 Å². The third-order valence-corrected chi connectivity index (χ3v) is 5.33. The number of aliphatic carboxylic acids is 1. The molecule has 31 heavy (non-hydrogen) atoms. The normalized spacial score (nSPS) is 23.0. The third-order valence-electron chi connectivity index (χ3n) is 4.80. The number of carbonyl (C=O) groups is 2. The Hall–Kier alpha value is -2.22. The minimum Gasteiger partial charge on any atom is -0.490 e. The van der Waals surface area contributed by atoms with E-state index in [1.807, 2.05) is 0 Å². The van der Waals surface area contributed by atoms with Gasteiger partial charge < -0.3 is 14.7 Å². The van der Waals surface area contributed by atoms with E-state index in [-0.39, 0.29) is 24.0 Å². The van der Waals surface area contributed by atoms with Crippen LogP contribution in [0, 0.1) is 11.3 Å². The fourth-order valence-corrected chi connectivity index (χ4v) is 3.76. The number of ether oxygens (including phenoxy) is 1.